The van der Waals surface area contributed by atoms with Crippen molar-refractivity contribution >= 4 is 11.9 Å². The van der Waals surface area contributed by atoms with Gasteiger partial charge in [-0.3, -0.25) is 4.79 Å². The van der Waals surface area contributed by atoms with Gasteiger partial charge in [0.25, 0.3) is 0 Å². The number of carbonyl (C=O) groups excluding carboxylic acids is 1. The van der Waals surface area contributed by atoms with Crippen LogP contribution in [0, 0.1) is 12.7 Å². The molecule has 3 heterocycles. The van der Waals surface area contributed by atoms with E-state index in [9.17, 15) is 9.18 Å². The van der Waals surface area contributed by atoms with E-state index in [1.54, 1.807) is 25.3 Å². The van der Waals surface area contributed by atoms with Crippen LogP contribution in [0.1, 0.15) is 35.8 Å². The molecule has 31 heavy (non-hydrogen) atoms. The van der Waals surface area contributed by atoms with Gasteiger partial charge in [-0.15, -0.1) is 0 Å². The minimum absolute atomic E-state index is 0.00581. The lowest BCUT2D eigenvalue weighted by atomic mass is 9.89. The molecule has 1 amide bonds. The minimum atomic E-state index is -0.289. The zero-order chi connectivity index (χ0) is 22.0. The van der Waals surface area contributed by atoms with E-state index >= 15 is 0 Å². The van der Waals surface area contributed by atoms with Gasteiger partial charge in [0.1, 0.15) is 17.2 Å². The summed E-state index contributed by atoms with van der Waals surface area (Å²) in [4.78, 5) is 25.9. The third kappa shape index (κ3) is 4.55. The van der Waals surface area contributed by atoms with Crippen LogP contribution in [-0.4, -0.2) is 58.3 Å². The van der Waals surface area contributed by atoms with Gasteiger partial charge in [-0.2, -0.15) is 0 Å². The molecule has 162 valence electrons. The molecule has 0 unspecified atom stereocenters. The van der Waals surface area contributed by atoms with Crippen LogP contribution in [-0.2, 0) is 11.2 Å². The van der Waals surface area contributed by atoms with E-state index in [-0.39, 0.29) is 24.1 Å². The van der Waals surface area contributed by atoms with Crippen LogP contribution in [0.2, 0.25) is 0 Å². The van der Waals surface area contributed by atoms with Gasteiger partial charge in [0.15, 0.2) is 0 Å². The lowest BCUT2D eigenvalue weighted by molar-refractivity contribution is -0.131. The summed E-state index contributed by atoms with van der Waals surface area (Å²) < 4.78 is 18.2. The molecule has 9 heteroatoms. The number of aryl methyl sites for hydroxylation is 1. The van der Waals surface area contributed by atoms with E-state index in [0.717, 1.165) is 29.7 Å². The van der Waals surface area contributed by atoms with Crippen LogP contribution in [0.3, 0.4) is 0 Å². The Bertz CT molecular complexity index is 1070. The molecule has 1 aliphatic heterocycles. The standard InChI is InChI=1S/C22H25FN6O2/c1-14-19(27-31-26-14)11-20(30)29-10-4-5-16(13-29)21-18(12-24-22(25-21)28(2)3)15-6-8-17(23)9-7-15/h6-9,12,16H,4-5,10-11,13H2,1-3H3/t16-/m0/s1. The number of amides is 1. The Balaban J connectivity index is 1.62. The Labute approximate surface area is 180 Å². The van der Waals surface area contributed by atoms with Crippen molar-refractivity contribution in [3.8, 4) is 11.1 Å². The summed E-state index contributed by atoms with van der Waals surface area (Å²) >= 11 is 0. The van der Waals surface area contributed by atoms with Crippen LogP contribution >= 0.6 is 0 Å². The molecule has 0 bridgehead atoms. The van der Waals surface area contributed by atoms with Crippen molar-refractivity contribution in [1.82, 2.24) is 25.2 Å². The van der Waals surface area contributed by atoms with E-state index in [4.69, 9.17) is 9.61 Å². The van der Waals surface area contributed by atoms with Crippen molar-refractivity contribution in [1.29, 1.82) is 0 Å². The van der Waals surface area contributed by atoms with Crippen molar-refractivity contribution in [2.45, 2.75) is 32.1 Å². The second kappa shape index (κ2) is 8.79. The molecule has 1 atom stereocenters. The van der Waals surface area contributed by atoms with Gasteiger partial charge >= 0.3 is 0 Å². The fourth-order valence-electron chi connectivity index (χ4n) is 3.86. The van der Waals surface area contributed by atoms with Gasteiger partial charge in [0.2, 0.25) is 11.9 Å². The van der Waals surface area contributed by atoms with E-state index in [1.165, 1.54) is 12.1 Å². The summed E-state index contributed by atoms with van der Waals surface area (Å²) in [5.74, 6) is 0.363. The van der Waals surface area contributed by atoms with Gasteiger partial charge in [-0.1, -0.05) is 22.4 Å². The Kier molecular flexibility index (Phi) is 5.92. The molecular weight excluding hydrogens is 399 g/mol. The van der Waals surface area contributed by atoms with Gasteiger partial charge in [-0.25, -0.2) is 19.0 Å². The Morgan fingerprint density at radius 1 is 1.26 bits per heavy atom. The number of hydrogen-bond donors (Lipinski definition) is 0. The van der Waals surface area contributed by atoms with E-state index in [2.05, 4.69) is 15.3 Å². The first-order chi connectivity index (χ1) is 14.9. The van der Waals surface area contributed by atoms with Crippen LogP contribution < -0.4 is 4.90 Å². The average molecular weight is 424 g/mol. The molecule has 0 radical (unpaired) electrons. The summed E-state index contributed by atoms with van der Waals surface area (Å²) in [6, 6.07) is 6.34. The molecule has 0 aliphatic carbocycles. The summed E-state index contributed by atoms with van der Waals surface area (Å²) in [6.45, 7) is 3.02. The van der Waals surface area contributed by atoms with E-state index in [0.29, 0.717) is 30.4 Å². The number of aromatic nitrogens is 4. The number of halogens is 1. The maximum absolute atomic E-state index is 13.5. The predicted molar refractivity (Wildman–Crippen MR) is 113 cm³/mol. The first-order valence-corrected chi connectivity index (χ1v) is 10.3. The zero-order valence-electron chi connectivity index (χ0n) is 17.9. The number of carbonyl (C=O) groups is 1. The number of nitrogens with zero attached hydrogens (tertiary/aromatic N) is 6. The smallest absolute Gasteiger partial charge is 0.228 e. The molecule has 0 saturated carbocycles. The molecular formula is C22H25FN6O2. The number of anilines is 1. The van der Waals surface area contributed by atoms with Crippen molar-refractivity contribution in [3.05, 3.63) is 53.4 Å². The van der Waals surface area contributed by atoms with Crippen LogP contribution in [0.4, 0.5) is 10.3 Å². The Morgan fingerprint density at radius 2 is 2.03 bits per heavy atom. The van der Waals surface area contributed by atoms with Gasteiger partial charge < -0.3 is 9.80 Å². The zero-order valence-corrected chi connectivity index (χ0v) is 17.9. The normalized spacial score (nSPS) is 16.4. The van der Waals surface area contributed by atoms with Crippen molar-refractivity contribution in [2.75, 3.05) is 32.1 Å². The third-order valence-corrected chi connectivity index (χ3v) is 5.59. The lowest BCUT2D eigenvalue weighted by Crippen LogP contribution is -2.40. The largest absolute Gasteiger partial charge is 0.347 e. The lowest BCUT2D eigenvalue weighted by Gasteiger charge is -2.33. The van der Waals surface area contributed by atoms with Crippen molar-refractivity contribution in [2.24, 2.45) is 0 Å². The molecule has 1 aliphatic rings. The number of benzene rings is 1. The van der Waals surface area contributed by atoms with Gasteiger partial charge in [0.05, 0.1) is 12.1 Å². The predicted octanol–water partition coefficient (Wildman–Crippen LogP) is 2.99. The SMILES string of the molecule is Cc1nonc1CC(=O)N1CCC[C@H](c2nc(N(C)C)ncc2-c2ccc(F)cc2)C1. The maximum Gasteiger partial charge on any atom is 0.228 e. The fourth-order valence-corrected chi connectivity index (χ4v) is 3.86. The van der Waals surface area contributed by atoms with Crippen LogP contribution in [0.15, 0.2) is 35.1 Å². The minimum Gasteiger partial charge on any atom is -0.347 e. The molecule has 2 aromatic heterocycles. The van der Waals surface area contributed by atoms with Crippen molar-refractivity contribution in [3.63, 3.8) is 0 Å². The molecule has 0 N–H and O–H groups in total. The summed E-state index contributed by atoms with van der Waals surface area (Å²) in [7, 11) is 3.78. The first-order valence-electron chi connectivity index (χ1n) is 10.3. The second-order valence-corrected chi connectivity index (χ2v) is 8.02. The van der Waals surface area contributed by atoms with Crippen LogP contribution in [0.25, 0.3) is 11.1 Å². The Hall–Kier alpha value is -3.36. The highest BCUT2D eigenvalue weighted by Crippen LogP contribution is 2.34. The number of likely N-dealkylation sites (tertiary alicyclic amines) is 1. The van der Waals surface area contributed by atoms with E-state index < -0.39 is 0 Å². The fraction of sp³-hybridized carbons (Fsp3) is 0.409. The quantitative estimate of drug-likeness (QED) is 0.622. The molecule has 1 aromatic carbocycles. The monoisotopic (exact) mass is 424 g/mol. The number of hydrogen-bond acceptors (Lipinski definition) is 7. The number of rotatable bonds is 5. The topological polar surface area (TPSA) is 88.2 Å². The first kappa shape index (κ1) is 20.9. The highest BCUT2D eigenvalue weighted by Gasteiger charge is 2.29. The second-order valence-electron chi connectivity index (χ2n) is 8.02. The van der Waals surface area contributed by atoms with Gasteiger partial charge in [-0.05, 0) is 37.5 Å². The summed E-state index contributed by atoms with van der Waals surface area (Å²) in [5, 5.41) is 7.58. The van der Waals surface area contributed by atoms with Gasteiger partial charge in [0, 0.05) is 44.9 Å². The molecule has 0 spiro atoms. The highest BCUT2D eigenvalue weighted by molar-refractivity contribution is 5.78. The highest BCUT2D eigenvalue weighted by atomic mass is 19.1. The van der Waals surface area contributed by atoms with Crippen LogP contribution in [0.5, 0.6) is 0 Å². The molecule has 4 rings (SSSR count). The number of piperidine rings is 1. The summed E-state index contributed by atoms with van der Waals surface area (Å²) in [6.07, 6.45) is 3.73. The molecule has 8 nitrogen and oxygen atoms in total. The Morgan fingerprint density at radius 3 is 2.71 bits per heavy atom. The average Bonchev–Trinajstić information content (AvgIpc) is 3.18. The molecule has 1 saturated heterocycles. The van der Waals surface area contributed by atoms with Crippen molar-refractivity contribution < 1.29 is 13.8 Å². The maximum atomic E-state index is 13.5. The molecule has 1 fully saturated rings. The third-order valence-electron chi connectivity index (χ3n) is 5.59. The summed E-state index contributed by atoms with van der Waals surface area (Å²) in [5.41, 5.74) is 3.79. The van der Waals surface area contributed by atoms with E-state index in [1.807, 2.05) is 23.9 Å². The molecule has 3 aromatic rings.